The van der Waals surface area contributed by atoms with Crippen LogP contribution in [0.1, 0.15) is 124 Å². The molecule has 466 valence electrons. The smallest absolute Gasteiger partial charge is 0.326 e. The molecule has 4 aliphatic heterocycles. The van der Waals surface area contributed by atoms with E-state index in [4.69, 9.17) is 19.2 Å². The van der Waals surface area contributed by atoms with E-state index in [1.165, 1.54) is 16.9 Å². The molecule has 25 heteroatoms. The summed E-state index contributed by atoms with van der Waals surface area (Å²) in [5, 5.41) is 30.3. The zero-order valence-corrected chi connectivity index (χ0v) is 51.1. The number of piperazine rings is 1. The Hall–Kier alpha value is -9.44. The maximum Gasteiger partial charge on any atom is 0.326 e. The Morgan fingerprint density at radius 2 is 1.65 bits per heavy atom. The maximum absolute atomic E-state index is 13.6. The molecular weight excluding hydrogens is 1140 g/mol. The minimum absolute atomic E-state index is 0.00770. The number of pyridine rings is 3. The van der Waals surface area contributed by atoms with E-state index in [0.717, 1.165) is 0 Å². The van der Waals surface area contributed by atoms with Crippen molar-refractivity contribution < 1.29 is 48.1 Å². The summed E-state index contributed by atoms with van der Waals surface area (Å²) in [6.07, 6.45) is 11.5. The molecule has 9 heterocycles. The molecule has 0 aliphatic carbocycles. The first-order valence-corrected chi connectivity index (χ1v) is 30.2. The van der Waals surface area contributed by atoms with E-state index in [9.17, 15) is 39.1 Å². The van der Waals surface area contributed by atoms with E-state index >= 15 is 0 Å². The molecule has 1 aromatic carbocycles. The predicted octanol–water partition coefficient (Wildman–Crippen LogP) is 6.53. The molecule has 3 atom stereocenters. The second-order valence-corrected chi connectivity index (χ2v) is 24.8. The highest BCUT2D eigenvalue weighted by Crippen LogP contribution is 2.40. The van der Waals surface area contributed by atoms with E-state index in [1.807, 2.05) is 73.3 Å². The molecule has 1 unspecified atom stereocenters. The summed E-state index contributed by atoms with van der Waals surface area (Å²) in [6, 6.07) is 18.4. The molecule has 89 heavy (non-hydrogen) atoms. The van der Waals surface area contributed by atoms with Gasteiger partial charge in [-0.3, -0.25) is 24.0 Å². The number of nitriles is 1. The van der Waals surface area contributed by atoms with E-state index in [2.05, 4.69) is 41.6 Å². The Labute approximate surface area is 516 Å². The molecule has 6 aromatic rings. The molecule has 0 radical (unpaired) electrons. The number of aromatic nitrogens is 8. The van der Waals surface area contributed by atoms with Crippen LogP contribution in [-0.4, -0.2) is 171 Å². The number of carboxylic acids is 1. The van der Waals surface area contributed by atoms with Crippen LogP contribution >= 0.6 is 0 Å². The number of ether oxygens (including phenoxy) is 3. The fourth-order valence-corrected chi connectivity index (χ4v) is 11.5. The molecule has 3 saturated heterocycles. The van der Waals surface area contributed by atoms with Gasteiger partial charge in [0, 0.05) is 132 Å². The van der Waals surface area contributed by atoms with Crippen molar-refractivity contribution in [3.63, 3.8) is 0 Å². The molecule has 2 N–H and O–H groups in total. The average Bonchev–Trinajstić information content (AvgIpc) is 1.61. The Bertz CT molecular complexity index is 3600. The summed E-state index contributed by atoms with van der Waals surface area (Å²) in [5.74, 6) is 0.368. The van der Waals surface area contributed by atoms with Crippen LogP contribution in [0.5, 0.6) is 17.4 Å². The van der Waals surface area contributed by atoms with Gasteiger partial charge in [0.1, 0.15) is 53.5 Å². The highest BCUT2D eigenvalue weighted by molar-refractivity contribution is 6.13. The molecule has 25 nitrogen and oxygen atoms in total. The zero-order valence-electron chi connectivity index (χ0n) is 51.1. The summed E-state index contributed by atoms with van der Waals surface area (Å²) >= 11 is 0. The normalized spacial score (nSPS) is 17.9. The van der Waals surface area contributed by atoms with Crippen molar-refractivity contribution in [2.75, 3.05) is 62.2 Å². The molecule has 0 spiro atoms. The number of nitrogens with one attached hydrogen (secondary N) is 1. The Kier molecular flexibility index (Phi) is 19.2. The van der Waals surface area contributed by atoms with E-state index in [0.29, 0.717) is 148 Å². The number of carbonyl (C=O) groups excluding carboxylic acids is 5. The van der Waals surface area contributed by atoms with Gasteiger partial charge in [-0.25, -0.2) is 34.4 Å². The fourth-order valence-electron chi connectivity index (χ4n) is 11.5. The summed E-state index contributed by atoms with van der Waals surface area (Å²) in [4.78, 5) is 111. The topological polar surface area (TPSA) is 298 Å². The van der Waals surface area contributed by atoms with Gasteiger partial charge < -0.3 is 49.1 Å². The van der Waals surface area contributed by atoms with Crippen LogP contribution in [0.2, 0.25) is 0 Å². The first kappa shape index (κ1) is 62.6. The summed E-state index contributed by atoms with van der Waals surface area (Å²) in [5.41, 5.74) is 2.58. The van der Waals surface area contributed by atoms with Gasteiger partial charge in [0.15, 0.2) is 5.78 Å². The van der Waals surface area contributed by atoms with Crippen LogP contribution in [0.15, 0.2) is 91.6 Å². The van der Waals surface area contributed by atoms with Crippen molar-refractivity contribution in [2.24, 2.45) is 11.3 Å². The molecule has 5 aromatic heterocycles. The van der Waals surface area contributed by atoms with E-state index in [-0.39, 0.29) is 84.5 Å². The SMILES string of the molecule is C[C@@H]1CN(c2ncc(-c3ccc4c(n3)N(Cc3cccnc3C#N)C(C)(C)C4=O)cn2)CCN1C(=O)Cn1cc(COCCCC(=O)N2CCC(C(=O)N3CCC(Oc4cccc(Oc5ccc(C(=O)N[C@@H](CCC(C)(C)C)C(=O)O)cn5)c4)CC3)C2)nn1. The van der Waals surface area contributed by atoms with Crippen molar-refractivity contribution in [2.45, 2.75) is 130 Å². The van der Waals surface area contributed by atoms with E-state index < -0.39 is 23.5 Å². The Morgan fingerprint density at radius 3 is 2.38 bits per heavy atom. The number of hydrogen-bond acceptors (Lipinski definition) is 19. The number of aliphatic carboxylic acids is 1. The second-order valence-electron chi connectivity index (χ2n) is 24.8. The van der Waals surface area contributed by atoms with Gasteiger partial charge in [0.2, 0.25) is 29.5 Å². The number of likely N-dealkylation sites (tertiary alicyclic amines) is 2. The molecular formula is C64H75N15O10. The number of piperidine rings is 1. The molecule has 10 rings (SSSR count). The van der Waals surface area contributed by atoms with E-state index in [1.54, 1.807) is 72.2 Å². The van der Waals surface area contributed by atoms with Gasteiger partial charge >= 0.3 is 5.97 Å². The van der Waals surface area contributed by atoms with Crippen molar-refractivity contribution in [1.29, 1.82) is 5.26 Å². The molecule has 4 aliphatic rings. The van der Waals surface area contributed by atoms with Gasteiger partial charge in [0.25, 0.3) is 5.91 Å². The number of carbonyl (C=O) groups is 6. The number of Topliss-reactive ketones (excluding diaryl/α,β-unsaturated/α-hetero) is 1. The van der Waals surface area contributed by atoms with Crippen molar-refractivity contribution in [3.05, 3.63) is 120 Å². The lowest BCUT2D eigenvalue weighted by atomic mass is 9.88. The highest BCUT2D eigenvalue weighted by Gasteiger charge is 2.46. The van der Waals surface area contributed by atoms with Crippen LogP contribution in [0.3, 0.4) is 0 Å². The van der Waals surface area contributed by atoms with Gasteiger partial charge in [0.05, 0.1) is 41.1 Å². The fraction of sp³-hybridized carbons (Fsp3) is 0.469. The third kappa shape index (κ3) is 15.3. The lowest BCUT2D eigenvalue weighted by molar-refractivity contribution is -0.140. The quantitative estimate of drug-likeness (QED) is 0.0683. The zero-order chi connectivity index (χ0) is 63.0. The highest BCUT2D eigenvalue weighted by atomic mass is 16.5. The van der Waals surface area contributed by atoms with Gasteiger partial charge in [-0.1, -0.05) is 38.1 Å². The summed E-state index contributed by atoms with van der Waals surface area (Å²) in [6.45, 7) is 16.0. The lowest BCUT2D eigenvalue weighted by Gasteiger charge is -2.39. The minimum atomic E-state index is -1.09. The molecule has 3 fully saturated rings. The number of rotatable bonds is 22. The van der Waals surface area contributed by atoms with Crippen LogP contribution in [0.4, 0.5) is 11.8 Å². The third-order valence-corrected chi connectivity index (χ3v) is 16.7. The van der Waals surface area contributed by atoms with Gasteiger partial charge in [-0.15, -0.1) is 5.10 Å². The average molecular weight is 1210 g/mol. The van der Waals surface area contributed by atoms with Gasteiger partial charge in [-0.2, -0.15) is 5.26 Å². The van der Waals surface area contributed by atoms with Crippen LogP contribution in [0, 0.1) is 22.7 Å². The first-order chi connectivity index (χ1) is 42.7. The summed E-state index contributed by atoms with van der Waals surface area (Å²) in [7, 11) is 0. The first-order valence-electron chi connectivity index (χ1n) is 30.2. The number of carboxylic acid groups (broad SMARTS) is 1. The maximum atomic E-state index is 13.6. The van der Waals surface area contributed by atoms with Crippen LogP contribution in [-0.2, 0) is 43.6 Å². The van der Waals surface area contributed by atoms with Crippen molar-refractivity contribution >= 4 is 47.1 Å². The summed E-state index contributed by atoms with van der Waals surface area (Å²) < 4.78 is 19.6. The number of benzene rings is 1. The molecule has 4 amide bonds. The Balaban J connectivity index is 0.598. The van der Waals surface area contributed by atoms with Crippen molar-refractivity contribution in [3.8, 4) is 34.7 Å². The third-order valence-electron chi connectivity index (χ3n) is 16.7. The monoisotopic (exact) mass is 1210 g/mol. The van der Waals surface area contributed by atoms with Crippen LogP contribution in [0.25, 0.3) is 11.3 Å². The lowest BCUT2D eigenvalue weighted by Crippen LogP contribution is -2.55. The predicted molar refractivity (Wildman–Crippen MR) is 324 cm³/mol. The number of anilines is 2. The number of fused-ring (bicyclic) bond motifs is 1. The van der Waals surface area contributed by atoms with Crippen LogP contribution < -0.4 is 24.6 Å². The molecule has 0 saturated carbocycles. The Morgan fingerprint density at radius 1 is 0.876 bits per heavy atom. The number of amides is 4. The second kappa shape index (κ2) is 27.3. The standard InChI is InChI=1S/C64H75N15O10/c1-41-35-76(62-68-33-45(34-69-62)51-16-15-50-57(82)64(5,6)79(58(50)70-51)37-43-10-8-23-66-53(43)31-65)27-28-78(41)56(81)39-77-38-46(72-73-77)40-87-29-9-13-55(80)75-24-19-44(36-75)60(84)74-25-20-47(21-26-74)88-48-11-7-12-49(30-48)89-54-17-14-42(32-67-54)59(83)71-52(61(85)86)18-22-63(2,3)4/h7-8,10-12,14-17,23,30,32-34,38,41,44,47,52H,9,13,18-22,24-29,35-37,39-40H2,1-6H3,(H,71,83)(H,85,86)/t41-,44?,52+/m1/s1. The number of hydrogen-bond donors (Lipinski definition) is 2. The number of ketones is 1. The van der Waals surface area contributed by atoms with Crippen molar-refractivity contribution in [1.82, 2.24) is 59.9 Å². The van der Waals surface area contributed by atoms with Gasteiger partial charge in [-0.05, 0) is 88.3 Å². The molecule has 0 bridgehead atoms. The largest absolute Gasteiger partial charge is 0.490 e. The minimum Gasteiger partial charge on any atom is -0.490 e. The number of nitrogens with zero attached hydrogens (tertiary/aromatic N) is 14.